The Bertz CT molecular complexity index is 888. The second-order valence-corrected chi connectivity index (χ2v) is 8.56. The van der Waals surface area contributed by atoms with Gasteiger partial charge in [-0.05, 0) is 32.1 Å². The minimum absolute atomic E-state index is 0.133. The maximum Gasteiger partial charge on any atom is 0.126 e. The molecule has 0 unspecified atom stereocenters. The maximum atomic E-state index is 5.93. The van der Waals surface area contributed by atoms with Gasteiger partial charge in [-0.2, -0.15) is 0 Å². The lowest BCUT2D eigenvalue weighted by atomic mass is 9.95. The minimum atomic E-state index is -0.133. The van der Waals surface area contributed by atoms with Gasteiger partial charge in [-0.25, -0.2) is 15.0 Å². The summed E-state index contributed by atoms with van der Waals surface area (Å²) in [6, 6.07) is 2.22. The quantitative estimate of drug-likeness (QED) is 0.513. The highest BCUT2D eigenvalue weighted by molar-refractivity contribution is 7.99. The Morgan fingerprint density at radius 2 is 2.22 bits per heavy atom. The number of nitrogens with zero attached hydrogens (tertiary/aromatic N) is 3. The Kier molecular flexibility index (Phi) is 3.78. The van der Waals surface area contributed by atoms with Crippen molar-refractivity contribution in [1.29, 1.82) is 0 Å². The number of aromatic nitrogens is 3. The summed E-state index contributed by atoms with van der Waals surface area (Å²) < 4.78 is 7.10. The first-order valence-electron chi connectivity index (χ1n) is 7.90. The molecule has 3 aromatic rings. The predicted molar refractivity (Wildman–Crippen MR) is 96.3 cm³/mol. The van der Waals surface area contributed by atoms with E-state index in [4.69, 9.17) is 9.72 Å². The first-order chi connectivity index (χ1) is 11.1. The molecule has 0 saturated carbocycles. The van der Waals surface area contributed by atoms with E-state index in [1.807, 2.05) is 0 Å². The van der Waals surface area contributed by atoms with Gasteiger partial charge in [0.05, 0.1) is 28.1 Å². The molecule has 1 aliphatic rings. The molecule has 0 N–H and O–H groups in total. The molecule has 1 aliphatic heterocycles. The van der Waals surface area contributed by atoms with Gasteiger partial charge in [0.2, 0.25) is 0 Å². The van der Waals surface area contributed by atoms with Crippen molar-refractivity contribution in [3.63, 3.8) is 0 Å². The Morgan fingerprint density at radius 3 is 3.04 bits per heavy atom. The summed E-state index contributed by atoms with van der Waals surface area (Å²) in [5, 5.41) is 2.21. The van der Waals surface area contributed by atoms with E-state index in [9.17, 15) is 0 Å². The molecule has 120 valence electrons. The van der Waals surface area contributed by atoms with Crippen molar-refractivity contribution in [2.45, 2.75) is 50.8 Å². The molecule has 0 radical (unpaired) electrons. The third kappa shape index (κ3) is 2.73. The fraction of sp³-hybridized carbons (Fsp3) is 0.471. The molecular formula is C17H19N3OS2. The van der Waals surface area contributed by atoms with E-state index >= 15 is 0 Å². The topological polar surface area (TPSA) is 47.9 Å². The van der Waals surface area contributed by atoms with E-state index in [2.05, 4.69) is 36.8 Å². The highest BCUT2D eigenvalue weighted by Crippen LogP contribution is 2.38. The van der Waals surface area contributed by atoms with Crippen LogP contribution in [0.3, 0.4) is 0 Å². The molecule has 0 amide bonds. The Labute approximate surface area is 143 Å². The highest BCUT2D eigenvalue weighted by atomic mass is 32.2. The second-order valence-electron chi connectivity index (χ2n) is 6.48. The molecule has 4 nitrogen and oxygen atoms in total. The molecule has 6 heteroatoms. The average Bonchev–Trinajstić information content (AvgIpc) is 2.88. The smallest absolute Gasteiger partial charge is 0.126 e. The zero-order chi connectivity index (χ0) is 16.0. The number of ether oxygens (including phenoxy) is 1. The molecule has 4 heterocycles. The van der Waals surface area contributed by atoms with Crippen LogP contribution < -0.4 is 0 Å². The Hall–Kier alpha value is -1.24. The van der Waals surface area contributed by atoms with Crippen molar-refractivity contribution < 1.29 is 4.74 Å². The molecule has 23 heavy (non-hydrogen) atoms. The van der Waals surface area contributed by atoms with Crippen molar-refractivity contribution in [3.05, 3.63) is 23.7 Å². The van der Waals surface area contributed by atoms with Gasteiger partial charge in [-0.1, -0.05) is 6.92 Å². The van der Waals surface area contributed by atoms with Crippen LogP contribution in [0.1, 0.15) is 38.4 Å². The summed E-state index contributed by atoms with van der Waals surface area (Å²) in [5.74, 6) is 1.08. The van der Waals surface area contributed by atoms with Crippen LogP contribution in [0.5, 0.6) is 0 Å². The van der Waals surface area contributed by atoms with Gasteiger partial charge in [0.1, 0.15) is 16.2 Å². The van der Waals surface area contributed by atoms with Crippen LogP contribution in [0.4, 0.5) is 0 Å². The number of hydrogen-bond donors (Lipinski definition) is 0. The fourth-order valence-electron chi connectivity index (χ4n) is 2.87. The van der Waals surface area contributed by atoms with Crippen molar-refractivity contribution in [3.8, 4) is 0 Å². The van der Waals surface area contributed by atoms with Crippen LogP contribution in [-0.4, -0.2) is 26.3 Å². The average molecular weight is 345 g/mol. The maximum absolute atomic E-state index is 5.93. The lowest BCUT2D eigenvalue weighted by Gasteiger charge is -2.30. The van der Waals surface area contributed by atoms with Crippen LogP contribution in [-0.2, 0) is 17.8 Å². The molecular weight excluding hydrogens is 326 g/mol. The summed E-state index contributed by atoms with van der Waals surface area (Å²) in [6.07, 6.45) is 3.67. The van der Waals surface area contributed by atoms with E-state index in [1.165, 1.54) is 5.56 Å². The van der Waals surface area contributed by atoms with Gasteiger partial charge < -0.3 is 4.74 Å². The molecule has 0 spiro atoms. The first-order valence-corrected chi connectivity index (χ1v) is 9.70. The number of thioether (sulfide) groups is 1. The van der Waals surface area contributed by atoms with Crippen LogP contribution in [0, 0.1) is 0 Å². The van der Waals surface area contributed by atoms with E-state index in [0.717, 1.165) is 49.7 Å². The summed E-state index contributed by atoms with van der Waals surface area (Å²) in [5.41, 5.74) is 3.25. The van der Waals surface area contributed by atoms with E-state index in [1.54, 1.807) is 29.4 Å². The van der Waals surface area contributed by atoms with Crippen molar-refractivity contribution in [1.82, 2.24) is 15.0 Å². The molecule has 0 aliphatic carbocycles. The van der Waals surface area contributed by atoms with Crippen LogP contribution in [0.25, 0.3) is 20.4 Å². The number of rotatable bonds is 3. The number of pyridine rings is 1. The predicted octanol–water partition coefficient (Wildman–Crippen LogP) is 4.59. The molecule has 0 bridgehead atoms. The second kappa shape index (κ2) is 5.69. The zero-order valence-electron chi connectivity index (χ0n) is 13.5. The summed E-state index contributed by atoms with van der Waals surface area (Å²) >= 11 is 3.52. The van der Waals surface area contributed by atoms with Crippen LogP contribution >= 0.6 is 23.1 Å². The third-order valence-electron chi connectivity index (χ3n) is 4.04. The van der Waals surface area contributed by atoms with E-state index < -0.39 is 0 Å². The normalized spacial score (nSPS) is 16.8. The van der Waals surface area contributed by atoms with Gasteiger partial charge in [-0.3, -0.25) is 0 Å². The number of thiophene rings is 1. The zero-order valence-corrected chi connectivity index (χ0v) is 15.2. The Morgan fingerprint density at radius 1 is 1.35 bits per heavy atom. The fourth-order valence-corrected chi connectivity index (χ4v) is 4.93. The summed E-state index contributed by atoms with van der Waals surface area (Å²) in [6.45, 7) is 7.06. The largest absolute Gasteiger partial charge is 0.370 e. The SMILES string of the molecule is CCCSc1ncnc2c1sc1nc3c(cc12)COC(C)(C)C3. The van der Waals surface area contributed by atoms with Gasteiger partial charge in [0.15, 0.2) is 0 Å². The van der Waals surface area contributed by atoms with Crippen LogP contribution in [0.15, 0.2) is 17.4 Å². The first kappa shape index (κ1) is 15.3. The third-order valence-corrected chi connectivity index (χ3v) is 6.46. The van der Waals surface area contributed by atoms with Crippen molar-refractivity contribution >= 4 is 43.5 Å². The molecule has 0 saturated heterocycles. The molecule has 3 aromatic heterocycles. The number of fused-ring (bicyclic) bond motifs is 4. The monoisotopic (exact) mass is 345 g/mol. The molecule has 4 rings (SSSR count). The summed E-state index contributed by atoms with van der Waals surface area (Å²) in [7, 11) is 0. The lowest BCUT2D eigenvalue weighted by molar-refractivity contribution is -0.0411. The van der Waals surface area contributed by atoms with Gasteiger partial charge in [0.25, 0.3) is 0 Å². The lowest BCUT2D eigenvalue weighted by Crippen LogP contribution is -2.32. The van der Waals surface area contributed by atoms with Crippen molar-refractivity contribution in [2.24, 2.45) is 0 Å². The van der Waals surface area contributed by atoms with Gasteiger partial charge in [-0.15, -0.1) is 23.1 Å². The minimum Gasteiger partial charge on any atom is -0.370 e. The van der Waals surface area contributed by atoms with Gasteiger partial charge >= 0.3 is 0 Å². The molecule has 0 atom stereocenters. The standard InChI is InChI=1S/C17H19N3OS2/c1-4-5-22-16-14-13(18-9-19-16)11-6-10-8-21-17(2,3)7-12(10)20-15(11)23-14/h6,9H,4-5,7-8H2,1-3H3. The van der Waals surface area contributed by atoms with Gasteiger partial charge in [0, 0.05) is 17.4 Å². The van der Waals surface area contributed by atoms with Crippen molar-refractivity contribution in [2.75, 3.05) is 5.75 Å². The van der Waals surface area contributed by atoms with E-state index in [-0.39, 0.29) is 5.60 Å². The van der Waals surface area contributed by atoms with E-state index in [0.29, 0.717) is 6.61 Å². The number of hydrogen-bond acceptors (Lipinski definition) is 6. The molecule has 0 aromatic carbocycles. The molecule has 0 fully saturated rings. The highest BCUT2D eigenvalue weighted by Gasteiger charge is 2.28. The Balaban J connectivity index is 1.88. The van der Waals surface area contributed by atoms with Crippen LogP contribution in [0.2, 0.25) is 0 Å². The summed E-state index contributed by atoms with van der Waals surface area (Å²) in [4.78, 5) is 15.0.